The molecule has 0 radical (unpaired) electrons. The Balaban J connectivity index is 1.72. The molecule has 2 amide bonds. The molecule has 8 heteroatoms. The van der Waals surface area contributed by atoms with Gasteiger partial charge in [-0.25, -0.2) is 13.2 Å². The third kappa shape index (κ3) is 4.63. The number of sulfone groups is 1. The number of thiophene rings is 1. The van der Waals surface area contributed by atoms with Gasteiger partial charge in [0.05, 0.1) is 9.90 Å². The summed E-state index contributed by atoms with van der Waals surface area (Å²) in [6, 6.07) is 16.7. The third-order valence-corrected chi connectivity index (χ3v) is 5.90. The number of halogens is 1. The van der Waals surface area contributed by atoms with Crippen molar-refractivity contribution in [2.75, 3.05) is 16.9 Å². The first-order chi connectivity index (χ1) is 12.3. The molecule has 0 bridgehead atoms. The van der Waals surface area contributed by atoms with Gasteiger partial charge < -0.3 is 5.32 Å². The highest BCUT2D eigenvalue weighted by molar-refractivity contribution is 7.90. The Kier molecular flexibility index (Phi) is 5.31. The van der Waals surface area contributed by atoms with Crippen LogP contribution in [0.25, 0.3) is 10.4 Å². The van der Waals surface area contributed by atoms with Gasteiger partial charge in [-0.05, 0) is 54.1 Å². The van der Waals surface area contributed by atoms with Crippen molar-refractivity contribution in [2.24, 2.45) is 0 Å². The molecule has 0 fully saturated rings. The van der Waals surface area contributed by atoms with E-state index in [0.717, 1.165) is 10.4 Å². The van der Waals surface area contributed by atoms with Crippen molar-refractivity contribution in [1.29, 1.82) is 0 Å². The molecule has 0 aliphatic heterocycles. The summed E-state index contributed by atoms with van der Waals surface area (Å²) in [7, 11) is -3.27. The first-order valence-corrected chi connectivity index (χ1v) is 10.6. The molecular formula is C18H15ClN2O3S2. The minimum absolute atomic E-state index is 0.262. The van der Waals surface area contributed by atoms with Gasteiger partial charge in [0, 0.05) is 21.8 Å². The largest absolute Gasteiger partial charge is 0.324 e. The molecule has 0 unspecified atom stereocenters. The van der Waals surface area contributed by atoms with E-state index in [9.17, 15) is 13.2 Å². The minimum atomic E-state index is -3.27. The van der Waals surface area contributed by atoms with Crippen molar-refractivity contribution in [2.45, 2.75) is 4.90 Å². The molecule has 2 aromatic carbocycles. The Labute approximate surface area is 160 Å². The maximum Gasteiger partial charge on any atom is 0.324 e. The standard InChI is InChI=1S/C18H15ClN2O3S2/c1-26(23,24)15-4-2-3-12(11-15)16-9-10-17(25-16)21-18(22)20-14-7-5-13(19)6-8-14/h2-11H,1H3,(H2,20,21,22). The smallest absolute Gasteiger partial charge is 0.308 e. The van der Waals surface area contributed by atoms with Gasteiger partial charge in [-0.1, -0.05) is 23.7 Å². The second kappa shape index (κ2) is 7.49. The summed E-state index contributed by atoms with van der Waals surface area (Å²) in [4.78, 5) is 13.2. The summed E-state index contributed by atoms with van der Waals surface area (Å²) in [6.45, 7) is 0. The topological polar surface area (TPSA) is 75.3 Å². The van der Waals surface area contributed by atoms with E-state index in [-0.39, 0.29) is 10.9 Å². The SMILES string of the molecule is CS(=O)(=O)c1cccc(-c2ccc(NC(=O)Nc3ccc(Cl)cc3)s2)c1. The number of hydrogen-bond acceptors (Lipinski definition) is 4. The van der Waals surface area contributed by atoms with Crippen molar-refractivity contribution in [1.82, 2.24) is 0 Å². The summed E-state index contributed by atoms with van der Waals surface area (Å²) in [6.07, 6.45) is 1.18. The molecular weight excluding hydrogens is 392 g/mol. The molecule has 2 N–H and O–H groups in total. The van der Waals surface area contributed by atoms with Gasteiger partial charge in [0.25, 0.3) is 0 Å². The number of urea groups is 1. The van der Waals surface area contributed by atoms with Crippen LogP contribution >= 0.6 is 22.9 Å². The lowest BCUT2D eigenvalue weighted by Gasteiger charge is -2.06. The summed E-state index contributed by atoms with van der Waals surface area (Å²) < 4.78 is 23.4. The zero-order valence-corrected chi connectivity index (χ0v) is 16.1. The first kappa shape index (κ1) is 18.4. The Hall–Kier alpha value is -2.35. The van der Waals surface area contributed by atoms with E-state index >= 15 is 0 Å². The normalized spacial score (nSPS) is 11.2. The first-order valence-electron chi connectivity index (χ1n) is 7.55. The molecule has 26 heavy (non-hydrogen) atoms. The van der Waals surface area contributed by atoms with Gasteiger partial charge in [0.2, 0.25) is 0 Å². The van der Waals surface area contributed by atoms with Gasteiger partial charge in [-0.2, -0.15) is 0 Å². The van der Waals surface area contributed by atoms with Crippen molar-refractivity contribution < 1.29 is 13.2 Å². The van der Waals surface area contributed by atoms with Crippen molar-refractivity contribution in [3.8, 4) is 10.4 Å². The van der Waals surface area contributed by atoms with Crippen LogP contribution in [0.5, 0.6) is 0 Å². The van der Waals surface area contributed by atoms with Gasteiger partial charge >= 0.3 is 6.03 Å². The number of amides is 2. The van der Waals surface area contributed by atoms with E-state index in [4.69, 9.17) is 11.6 Å². The lowest BCUT2D eigenvalue weighted by atomic mass is 10.2. The van der Waals surface area contributed by atoms with Crippen LogP contribution in [0.4, 0.5) is 15.5 Å². The summed E-state index contributed by atoms with van der Waals surface area (Å²) in [5.74, 6) is 0. The molecule has 5 nitrogen and oxygen atoms in total. The molecule has 134 valence electrons. The van der Waals surface area contributed by atoms with E-state index < -0.39 is 9.84 Å². The van der Waals surface area contributed by atoms with Crippen LogP contribution in [0, 0.1) is 0 Å². The van der Waals surface area contributed by atoms with Crippen LogP contribution in [0.1, 0.15) is 0 Å². The maximum absolute atomic E-state index is 12.1. The number of carbonyl (C=O) groups excluding carboxylic acids is 1. The highest BCUT2D eigenvalue weighted by atomic mass is 35.5. The molecule has 0 saturated carbocycles. The van der Waals surface area contributed by atoms with Crippen molar-refractivity contribution in [3.05, 3.63) is 65.7 Å². The Morgan fingerprint density at radius 2 is 1.73 bits per heavy atom. The van der Waals surface area contributed by atoms with Gasteiger partial charge in [0.15, 0.2) is 9.84 Å². The molecule has 0 aliphatic rings. The van der Waals surface area contributed by atoms with E-state index in [1.54, 1.807) is 48.5 Å². The maximum atomic E-state index is 12.1. The lowest BCUT2D eigenvalue weighted by molar-refractivity contribution is 0.262. The van der Waals surface area contributed by atoms with Gasteiger partial charge in [-0.15, -0.1) is 11.3 Å². The van der Waals surface area contributed by atoms with Crippen LogP contribution in [0.3, 0.4) is 0 Å². The molecule has 0 aliphatic carbocycles. The fourth-order valence-corrected chi connectivity index (χ4v) is 3.94. The summed E-state index contributed by atoms with van der Waals surface area (Å²) in [5.41, 5.74) is 1.41. The quantitative estimate of drug-likeness (QED) is 0.631. The predicted octanol–water partition coefficient (Wildman–Crippen LogP) is 5.12. The monoisotopic (exact) mass is 406 g/mol. The van der Waals surface area contributed by atoms with E-state index in [0.29, 0.717) is 15.7 Å². The molecule has 1 heterocycles. The average Bonchev–Trinajstić information content (AvgIpc) is 3.05. The molecule has 0 atom stereocenters. The second-order valence-electron chi connectivity index (χ2n) is 5.55. The molecule has 3 aromatic rings. The zero-order valence-electron chi connectivity index (χ0n) is 13.7. The number of anilines is 2. The van der Waals surface area contributed by atoms with Crippen LogP contribution < -0.4 is 10.6 Å². The fraction of sp³-hybridized carbons (Fsp3) is 0.0556. The van der Waals surface area contributed by atoms with Crippen molar-refractivity contribution >= 4 is 49.5 Å². The summed E-state index contributed by atoms with van der Waals surface area (Å²) in [5, 5.41) is 6.71. The number of carbonyl (C=O) groups is 1. The van der Waals surface area contributed by atoms with E-state index in [2.05, 4.69) is 10.6 Å². The number of benzene rings is 2. The zero-order chi connectivity index (χ0) is 18.7. The van der Waals surface area contributed by atoms with Crippen LogP contribution in [-0.4, -0.2) is 20.7 Å². The second-order valence-corrected chi connectivity index (χ2v) is 9.09. The van der Waals surface area contributed by atoms with E-state index in [1.807, 2.05) is 12.1 Å². The molecule has 0 saturated heterocycles. The Bertz CT molecular complexity index is 1040. The fourth-order valence-electron chi connectivity index (χ4n) is 2.25. The highest BCUT2D eigenvalue weighted by Gasteiger charge is 2.11. The number of nitrogens with one attached hydrogen (secondary N) is 2. The predicted molar refractivity (Wildman–Crippen MR) is 107 cm³/mol. The lowest BCUT2D eigenvalue weighted by Crippen LogP contribution is -2.18. The summed E-state index contributed by atoms with van der Waals surface area (Å²) >= 11 is 7.17. The van der Waals surface area contributed by atoms with Crippen molar-refractivity contribution in [3.63, 3.8) is 0 Å². The van der Waals surface area contributed by atoms with E-state index in [1.165, 1.54) is 17.6 Å². The number of hydrogen-bond donors (Lipinski definition) is 2. The van der Waals surface area contributed by atoms with Crippen LogP contribution in [0.15, 0.2) is 65.6 Å². The van der Waals surface area contributed by atoms with Gasteiger partial charge in [0.1, 0.15) is 0 Å². The van der Waals surface area contributed by atoms with Crippen LogP contribution in [-0.2, 0) is 9.84 Å². The van der Waals surface area contributed by atoms with Crippen LogP contribution in [0.2, 0.25) is 5.02 Å². The number of rotatable bonds is 4. The molecule has 0 spiro atoms. The molecule has 3 rings (SSSR count). The van der Waals surface area contributed by atoms with Gasteiger partial charge in [-0.3, -0.25) is 5.32 Å². The Morgan fingerprint density at radius 3 is 2.42 bits per heavy atom. The highest BCUT2D eigenvalue weighted by Crippen LogP contribution is 2.32. The average molecular weight is 407 g/mol. The third-order valence-electron chi connectivity index (χ3n) is 3.49. The molecule has 1 aromatic heterocycles. The minimum Gasteiger partial charge on any atom is -0.308 e. The Morgan fingerprint density at radius 1 is 1.00 bits per heavy atom.